The van der Waals surface area contributed by atoms with Crippen molar-refractivity contribution in [1.29, 1.82) is 0 Å². The number of nitrogens with one attached hydrogen (secondary N) is 1. The van der Waals surface area contributed by atoms with Crippen LogP contribution >= 0.6 is 0 Å². The van der Waals surface area contributed by atoms with Gasteiger partial charge in [0, 0.05) is 7.47 Å². The van der Waals surface area contributed by atoms with E-state index < -0.39 is 5.60 Å². The summed E-state index contributed by atoms with van der Waals surface area (Å²) in [5.41, 5.74) is -0.404. The molecule has 0 aromatic heterocycles. The molecule has 1 N–H and O–H groups in total. The SMILES string of the molecule is CC(C)NC(=O)OC(C)(C)C.[HH]. The van der Waals surface area contributed by atoms with Crippen molar-refractivity contribution in [2.75, 3.05) is 0 Å². The average Bonchev–Trinajstić information content (AvgIpc) is 1.53. The van der Waals surface area contributed by atoms with Crippen LogP contribution in [0.15, 0.2) is 0 Å². The van der Waals surface area contributed by atoms with Crippen LogP contribution in [0.4, 0.5) is 4.79 Å². The molecule has 0 atom stereocenters. The quantitative estimate of drug-likeness (QED) is 0.640. The molecule has 3 nitrogen and oxygen atoms in total. The zero-order chi connectivity index (χ0) is 9.07. The summed E-state index contributed by atoms with van der Waals surface area (Å²) in [7, 11) is 0. The van der Waals surface area contributed by atoms with Gasteiger partial charge in [-0.3, -0.25) is 0 Å². The largest absolute Gasteiger partial charge is 0.444 e. The molecule has 0 saturated heterocycles. The van der Waals surface area contributed by atoms with Crippen molar-refractivity contribution in [2.45, 2.75) is 46.3 Å². The normalized spacial score (nSPS) is 11.5. The van der Waals surface area contributed by atoms with Gasteiger partial charge in [0.15, 0.2) is 0 Å². The van der Waals surface area contributed by atoms with E-state index in [0.29, 0.717) is 0 Å². The predicted molar refractivity (Wildman–Crippen MR) is 46.6 cm³/mol. The number of hydrogen-bond donors (Lipinski definition) is 1. The second kappa shape index (κ2) is 3.60. The molecule has 0 aliphatic heterocycles. The monoisotopic (exact) mass is 161 g/mol. The highest BCUT2D eigenvalue weighted by atomic mass is 16.6. The predicted octanol–water partition coefficient (Wildman–Crippen LogP) is 2.17. The number of carbonyl (C=O) groups excluding carboxylic acids is 1. The first-order chi connectivity index (χ1) is 4.81. The van der Waals surface area contributed by atoms with Gasteiger partial charge in [-0.05, 0) is 34.6 Å². The summed E-state index contributed by atoms with van der Waals surface area (Å²) in [6.45, 7) is 9.31. The molecule has 68 valence electrons. The van der Waals surface area contributed by atoms with E-state index in [-0.39, 0.29) is 13.6 Å². The van der Waals surface area contributed by atoms with Crippen molar-refractivity contribution < 1.29 is 11.0 Å². The molecule has 0 fully saturated rings. The molecule has 0 aliphatic rings. The molecular weight excluding hydrogens is 142 g/mol. The smallest absolute Gasteiger partial charge is 0.407 e. The standard InChI is InChI=1S/C8H17NO2.H2/c1-6(2)9-7(10)11-8(3,4)5;/h6H,1-5H3,(H,9,10);1H. The van der Waals surface area contributed by atoms with E-state index in [9.17, 15) is 4.79 Å². The van der Waals surface area contributed by atoms with Crippen LogP contribution in [0.2, 0.25) is 0 Å². The summed E-state index contributed by atoms with van der Waals surface area (Å²) in [5, 5.41) is 2.64. The Labute approximate surface area is 69.6 Å². The Kier molecular flexibility index (Phi) is 3.36. The summed E-state index contributed by atoms with van der Waals surface area (Å²) in [6, 6.07) is 0.129. The van der Waals surface area contributed by atoms with Gasteiger partial charge < -0.3 is 10.1 Å². The van der Waals surface area contributed by atoms with Gasteiger partial charge in [-0.2, -0.15) is 0 Å². The number of ether oxygens (including phenoxy) is 1. The molecule has 0 aromatic carbocycles. The van der Waals surface area contributed by atoms with Crippen LogP contribution in [0.25, 0.3) is 0 Å². The van der Waals surface area contributed by atoms with Crippen LogP contribution in [0.1, 0.15) is 36.0 Å². The molecule has 0 spiro atoms. The Balaban J connectivity index is 0. The highest BCUT2D eigenvalue weighted by molar-refractivity contribution is 5.67. The van der Waals surface area contributed by atoms with Crippen LogP contribution in [0.3, 0.4) is 0 Å². The van der Waals surface area contributed by atoms with Crippen molar-refractivity contribution in [1.82, 2.24) is 5.32 Å². The van der Waals surface area contributed by atoms with Gasteiger partial charge in [0.1, 0.15) is 5.60 Å². The first kappa shape index (κ1) is 10.3. The van der Waals surface area contributed by atoms with Gasteiger partial charge >= 0.3 is 6.09 Å². The topological polar surface area (TPSA) is 38.3 Å². The van der Waals surface area contributed by atoms with E-state index in [2.05, 4.69) is 5.32 Å². The van der Waals surface area contributed by atoms with Crippen molar-refractivity contribution in [3.05, 3.63) is 0 Å². The summed E-state index contributed by atoms with van der Waals surface area (Å²) in [6.07, 6.45) is -0.354. The number of amides is 1. The van der Waals surface area contributed by atoms with Gasteiger partial charge in [0.25, 0.3) is 0 Å². The molecular formula is C8H19NO2. The lowest BCUT2D eigenvalue weighted by atomic mass is 10.2. The maximum atomic E-state index is 10.9. The molecule has 3 heteroatoms. The Morgan fingerprint density at radius 1 is 1.45 bits per heavy atom. The molecule has 11 heavy (non-hydrogen) atoms. The minimum Gasteiger partial charge on any atom is -0.444 e. The minimum absolute atomic E-state index is 0. The summed E-state index contributed by atoms with van der Waals surface area (Å²) >= 11 is 0. The third kappa shape index (κ3) is 7.16. The highest BCUT2D eigenvalue weighted by Gasteiger charge is 2.15. The van der Waals surface area contributed by atoms with Crippen LogP contribution in [-0.4, -0.2) is 17.7 Å². The number of carbonyl (C=O) groups is 1. The maximum absolute atomic E-state index is 10.9. The molecule has 0 aromatic rings. The molecule has 0 bridgehead atoms. The van der Waals surface area contributed by atoms with Gasteiger partial charge in [0.2, 0.25) is 0 Å². The molecule has 0 aliphatic carbocycles. The molecule has 0 heterocycles. The molecule has 0 radical (unpaired) electrons. The van der Waals surface area contributed by atoms with Crippen LogP contribution in [0.5, 0.6) is 0 Å². The Morgan fingerprint density at radius 2 is 1.91 bits per heavy atom. The fourth-order valence-corrected chi connectivity index (χ4v) is 0.543. The van der Waals surface area contributed by atoms with Crippen LogP contribution in [-0.2, 0) is 4.74 Å². The molecule has 1 amide bonds. The summed E-state index contributed by atoms with van der Waals surface area (Å²) in [5.74, 6) is 0. The van der Waals surface area contributed by atoms with E-state index >= 15 is 0 Å². The number of rotatable bonds is 1. The Morgan fingerprint density at radius 3 is 2.18 bits per heavy atom. The van der Waals surface area contributed by atoms with E-state index in [0.717, 1.165) is 0 Å². The van der Waals surface area contributed by atoms with Crippen LogP contribution in [0, 0.1) is 0 Å². The number of alkyl carbamates (subject to hydrolysis) is 1. The number of hydrogen-bond acceptors (Lipinski definition) is 2. The Bertz CT molecular complexity index is 140. The average molecular weight is 161 g/mol. The lowest BCUT2D eigenvalue weighted by Crippen LogP contribution is -2.36. The van der Waals surface area contributed by atoms with Gasteiger partial charge in [-0.1, -0.05) is 0 Å². The van der Waals surface area contributed by atoms with E-state index in [4.69, 9.17) is 4.74 Å². The zero-order valence-electron chi connectivity index (χ0n) is 7.89. The molecule has 0 unspecified atom stereocenters. The lowest BCUT2D eigenvalue weighted by molar-refractivity contribution is 0.0512. The Hall–Kier alpha value is -0.730. The first-order valence-corrected chi connectivity index (χ1v) is 3.81. The second-order valence-corrected chi connectivity index (χ2v) is 3.80. The van der Waals surface area contributed by atoms with Gasteiger partial charge in [-0.25, -0.2) is 4.79 Å². The summed E-state index contributed by atoms with van der Waals surface area (Å²) in [4.78, 5) is 10.9. The molecule has 0 rings (SSSR count). The first-order valence-electron chi connectivity index (χ1n) is 3.81. The second-order valence-electron chi connectivity index (χ2n) is 3.80. The van der Waals surface area contributed by atoms with Crippen molar-refractivity contribution in [3.63, 3.8) is 0 Å². The van der Waals surface area contributed by atoms with E-state index in [1.807, 2.05) is 34.6 Å². The van der Waals surface area contributed by atoms with Gasteiger partial charge in [0.05, 0.1) is 0 Å². The fourth-order valence-electron chi connectivity index (χ4n) is 0.543. The third-order valence-electron chi connectivity index (χ3n) is 0.805. The third-order valence-corrected chi connectivity index (χ3v) is 0.805. The fraction of sp³-hybridized carbons (Fsp3) is 0.875. The highest BCUT2D eigenvalue weighted by Crippen LogP contribution is 2.06. The minimum atomic E-state index is -0.404. The van der Waals surface area contributed by atoms with E-state index in [1.54, 1.807) is 0 Å². The lowest BCUT2D eigenvalue weighted by Gasteiger charge is -2.20. The van der Waals surface area contributed by atoms with Gasteiger partial charge in [-0.15, -0.1) is 0 Å². The maximum Gasteiger partial charge on any atom is 0.407 e. The van der Waals surface area contributed by atoms with Crippen molar-refractivity contribution >= 4 is 6.09 Å². The van der Waals surface area contributed by atoms with E-state index in [1.165, 1.54) is 0 Å². The zero-order valence-corrected chi connectivity index (χ0v) is 7.89. The van der Waals surface area contributed by atoms with Crippen LogP contribution < -0.4 is 5.32 Å². The van der Waals surface area contributed by atoms with Crippen molar-refractivity contribution in [2.24, 2.45) is 0 Å². The molecule has 0 saturated carbocycles. The van der Waals surface area contributed by atoms with Crippen molar-refractivity contribution in [3.8, 4) is 0 Å². The summed E-state index contributed by atoms with van der Waals surface area (Å²) < 4.78 is 5.00.